The highest BCUT2D eigenvalue weighted by molar-refractivity contribution is 5.81. The number of hydrogen-bond donors (Lipinski definition) is 0. The molecule has 15 heavy (non-hydrogen) atoms. The summed E-state index contributed by atoms with van der Waals surface area (Å²) < 4.78 is 36.3. The van der Waals surface area contributed by atoms with E-state index in [1.807, 2.05) is 0 Å². The number of alkyl halides is 3. The molecule has 0 bridgehead atoms. The van der Waals surface area contributed by atoms with Crippen LogP contribution in [0.1, 0.15) is 26.7 Å². The van der Waals surface area contributed by atoms with Crippen molar-refractivity contribution in [3.8, 4) is 0 Å². The van der Waals surface area contributed by atoms with Crippen LogP contribution < -0.4 is 0 Å². The summed E-state index contributed by atoms with van der Waals surface area (Å²) in [4.78, 5) is 11.8. The van der Waals surface area contributed by atoms with E-state index in [0.29, 0.717) is 24.7 Å². The highest BCUT2D eigenvalue weighted by Crippen LogP contribution is 2.27. The molecule has 0 aliphatic carbocycles. The molecule has 1 fully saturated rings. The first-order chi connectivity index (χ1) is 6.82. The Morgan fingerprint density at radius 2 is 1.73 bits per heavy atom. The van der Waals surface area contributed by atoms with Crippen LogP contribution in [-0.4, -0.2) is 30.1 Å². The molecule has 0 N–H and O–H groups in total. The summed E-state index contributed by atoms with van der Waals surface area (Å²) in [5, 5.41) is 0. The highest BCUT2D eigenvalue weighted by atomic mass is 19.4. The molecule has 88 valence electrons. The number of carbonyl (C=O) groups excluding carboxylic acids is 1. The normalized spacial score (nSPS) is 19.7. The van der Waals surface area contributed by atoms with Gasteiger partial charge in [-0.3, -0.25) is 4.79 Å². The molecule has 0 aromatic rings. The Kier molecular flexibility index (Phi) is 3.62. The zero-order valence-corrected chi connectivity index (χ0v) is 8.97. The Morgan fingerprint density at radius 3 is 2.07 bits per heavy atom. The average molecular weight is 223 g/mol. The van der Waals surface area contributed by atoms with Gasteiger partial charge in [-0.2, -0.15) is 13.2 Å². The van der Waals surface area contributed by atoms with Crippen molar-refractivity contribution < 1.29 is 18.0 Å². The fourth-order valence-electron chi connectivity index (χ4n) is 1.95. The van der Waals surface area contributed by atoms with Crippen LogP contribution in [0.4, 0.5) is 13.2 Å². The van der Waals surface area contributed by atoms with Crippen molar-refractivity contribution in [1.29, 1.82) is 0 Å². The Labute approximate surface area is 87.4 Å². The van der Waals surface area contributed by atoms with Crippen LogP contribution in [0.3, 0.4) is 0 Å². The SMILES string of the molecule is CC(C)C1CCN(C(=O)C(F)(F)F)CC1. The van der Waals surface area contributed by atoms with E-state index in [0.717, 1.165) is 4.90 Å². The molecule has 2 nitrogen and oxygen atoms in total. The van der Waals surface area contributed by atoms with Crippen molar-refractivity contribution in [2.75, 3.05) is 13.1 Å². The molecule has 0 radical (unpaired) electrons. The molecule has 1 aliphatic heterocycles. The summed E-state index contributed by atoms with van der Waals surface area (Å²) in [7, 11) is 0. The zero-order chi connectivity index (χ0) is 11.6. The summed E-state index contributed by atoms with van der Waals surface area (Å²) in [6.45, 7) is 4.60. The first-order valence-corrected chi connectivity index (χ1v) is 5.18. The van der Waals surface area contributed by atoms with Crippen LogP contribution in [0.5, 0.6) is 0 Å². The topological polar surface area (TPSA) is 20.3 Å². The van der Waals surface area contributed by atoms with Gasteiger partial charge in [-0.05, 0) is 24.7 Å². The van der Waals surface area contributed by atoms with E-state index in [2.05, 4.69) is 13.8 Å². The van der Waals surface area contributed by atoms with Crippen molar-refractivity contribution in [2.45, 2.75) is 32.9 Å². The van der Waals surface area contributed by atoms with Crippen LogP contribution in [0.15, 0.2) is 0 Å². The maximum Gasteiger partial charge on any atom is 0.471 e. The van der Waals surface area contributed by atoms with E-state index < -0.39 is 12.1 Å². The van der Waals surface area contributed by atoms with Crippen molar-refractivity contribution in [3.63, 3.8) is 0 Å². The number of rotatable bonds is 1. The maximum atomic E-state index is 12.1. The second-order valence-corrected chi connectivity index (χ2v) is 4.37. The number of nitrogens with zero attached hydrogens (tertiary/aromatic N) is 1. The van der Waals surface area contributed by atoms with E-state index in [9.17, 15) is 18.0 Å². The third-order valence-corrected chi connectivity index (χ3v) is 3.01. The minimum absolute atomic E-state index is 0.237. The second-order valence-electron chi connectivity index (χ2n) is 4.37. The molecule has 0 atom stereocenters. The lowest BCUT2D eigenvalue weighted by molar-refractivity contribution is -0.186. The second kappa shape index (κ2) is 4.41. The summed E-state index contributed by atoms with van der Waals surface area (Å²) in [6.07, 6.45) is -3.36. The molecule has 0 unspecified atom stereocenters. The zero-order valence-electron chi connectivity index (χ0n) is 8.97. The van der Waals surface area contributed by atoms with Crippen molar-refractivity contribution in [1.82, 2.24) is 4.90 Å². The number of piperidine rings is 1. The van der Waals surface area contributed by atoms with Gasteiger partial charge >= 0.3 is 12.1 Å². The summed E-state index contributed by atoms with van der Waals surface area (Å²) in [5.74, 6) is -0.764. The van der Waals surface area contributed by atoms with Crippen LogP contribution in [-0.2, 0) is 4.79 Å². The Morgan fingerprint density at radius 1 is 1.27 bits per heavy atom. The molecule has 1 aliphatic rings. The Bertz CT molecular complexity index is 229. The third-order valence-electron chi connectivity index (χ3n) is 3.01. The number of likely N-dealkylation sites (tertiary alicyclic amines) is 1. The van der Waals surface area contributed by atoms with E-state index in [4.69, 9.17) is 0 Å². The average Bonchev–Trinajstić information content (AvgIpc) is 2.15. The van der Waals surface area contributed by atoms with Crippen molar-refractivity contribution in [3.05, 3.63) is 0 Å². The van der Waals surface area contributed by atoms with E-state index in [-0.39, 0.29) is 13.1 Å². The first kappa shape index (κ1) is 12.3. The van der Waals surface area contributed by atoms with Gasteiger partial charge in [0.15, 0.2) is 0 Å². The monoisotopic (exact) mass is 223 g/mol. The van der Waals surface area contributed by atoms with Gasteiger partial charge in [-0.1, -0.05) is 13.8 Å². The lowest BCUT2D eigenvalue weighted by Crippen LogP contribution is -2.45. The smallest absolute Gasteiger partial charge is 0.335 e. The number of hydrogen-bond acceptors (Lipinski definition) is 1. The van der Waals surface area contributed by atoms with Crippen LogP contribution >= 0.6 is 0 Å². The van der Waals surface area contributed by atoms with Crippen LogP contribution in [0, 0.1) is 11.8 Å². The summed E-state index contributed by atoms with van der Waals surface area (Å²) >= 11 is 0. The predicted molar refractivity (Wildman–Crippen MR) is 50.2 cm³/mol. The molecular formula is C10H16F3NO. The quantitative estimate of drug-likeness (QED) is 0.668. The summed E-state index contributed by atoms with van der Waals surface area (Å²) in [5.41, 5.74) is 0. The number of carbonyl (C=O) groups is 1. The van der Waals surface area contributed by atoms with Crippen molar-refractivity contribution in [2.24, 2.45) is 11.8 Å². The largest absolute Gasteiger partial charge is 0.471 e. The molecule has 1 heterocycles. The van der Waals surface area contributed by atoms with Gasteiger partial charge in [-0.15, -0.1) is 0 Å². The fraction of sp³-hybridized carbons (Fsp3) is 0.900. The maximum absolute atomic E-state index is 12.1. The molecule has 1 saturated heterocycles. The highest BCUT2D eigenvalue weighted by Gasteiger charge is 2.43. The molecular weight excluding hydrogens is 207 g/mol. The summed E-state index contributed by atoms with van der Waals surface area (Å²) in [6, 6.07) is 0. The van der Waals surface area contributed by atoms with E-state index in [1.165, 1.54) is 0 Å². The van der Waals surface area contributed by atoms with E-state index in [1.54, 1.807) is 0 Å². The molecule has 1 amide bonds. The van der Waals surface area contributed by atoms with Gasteiger partial charge in [0, 0.05) is 13.1 Å². The van der Waals surface area contributed by atoms with Crippen LogP contribution in [0.25, 0.3) is 0 Å². The first-order valence-electron chi connectivity index (χ1n) is 5.18. The fourth-order valence-corrected chi connectivity index (χ4v) is 1.95. The predicted octanol–water partition coefficient (Wildman–Crippen LogP) is 2.44. The van der Waals surface area contributed by atoms with Crippen LogP contribution in [0.2, 0.25) is 0 Å². The molecule has 0 aromatic heterocycles. The minimum atomic E-state index is -4.72. The van der Waals surface area contributed by atoms with Gasteiger partial charge in [0.05, 0.1) is 0 Å². The van der Waals surface area contributed by atoms with Gasteiger partial charge in [0.1, 0.15) is 0 Å². The minimum Gasteiger partial charge on any atom is -0.335 e. The third kappa shape index (κ3) is 3.11. The van der Waals surface area contributed by atoms with Crippen molar-refractivity contribution >= 4 is 5.91 Å². The van der Waals surface area contributed by atoms with Gasteiger partial charge < -0.3 is 4.90 Å². The van der Waals surface area contributed by atoms with Gasteiger partial charge in [0.2, 0.25) is 0 Å². The molecule has 0 aromatic carbocycles. The Hall–Kier alpha value is -0.740. The van der Waals surface area contributed by atoms with E-state index >= 15 is 0 Å². The molecule has 0 spiro atoms. The lowest BCUT2D eigenvalue weighted by Gasteiger charge is -2.34. The van der Waals surface area contributed by atoms with Gasteiger partial charge in [-0.25, -0.2) is 0 Å². The lowest BCUT2D eigenvalue weighted by atomic mass is 9.87. The number of halogens is 3. The standard InChI is InChI=1S/C10H16F3NO/c1-7(2)8-3-5-14(6-4-8)9(15)10(11,12)13/h7-8H,3-6H2,1-2H3. The molecule has 0 saturated carbocycles. The molecule has 5 heteroatoms. The van der Waals surface area contributed by atoms with Gasteiger partial charge in [0.25, 0.3) is 0 Å². The number of amides is 1. The Balaban J connectivity index is 2.48. The molecule has 1 rings (SSSR count).